The summed E-state index contributed by atoms with van der Waals surface area (Å²) in [6.45, 7) is 1.47. The van der Waals surface area contributed by atoms with E-state index in [1.165, 1.54) is 11.8 Å². The fourth-order valence-electron chi connectivity index (χ4n) is 1.92. The fraction of sp³-hybridized carbons (Fsp3) is 0.500. The third kappa shape index (κ3) is 4.86. The quantitative estimate of drug-likeness (QED) is 0.777. The number of rotatable bonds is 6. The van der Waals surface area contributed by atoms with Crippen LogP contribution in [0.3, 0.4) is 0 Å². The molecular weight excluding hydrogens is 262 g/mol. The molecule has 4 nitrogen and oxygen atoms in total. The Labute approximate surface area is 117 Å². The Morgan fingerprint density at radius 1 is 1.42 bits per heavy atom. The Morgan fingerprint density at radius 2 is 2.21 bits per heavy atom. The van der Waals surface area contributed by atoms with E-state index in [0.717, 1.165) is 29.9 Å². The van der Waals surface area contributed by atoms with Crippen LogP contribution in [0.4, 0.5) is 0 Å². The lowest BCUT2D eigenvalue weighted by Crippen LogP contribution is -2.32. The number of carbonyl (C=O) groups is 1. The number of thioether (sulfide) groups is 1. The number of aliphatic hydroxyl groups is 1. The SMILES string of the molecule is O=C(CSc1ccc(CO)cc1)NCC1CCCO1. The second-order valence-electron chi connectivity index (χ2n) is 4.53. The molecule has 0 radical (unpaired) electrons. The van der Waals surface area contributed by atoms with Gasteiger partial charge in [0.15, 0.2) is 0 Å². The van der Waals surface area contributed by atoms with Crippen LogP contribution in [-0.2, 0) is 16.1 Å². The highest BCUT2D eigenvalue weighted by Gasteiger charge is 2.15. The van der Waals surface area contributed by atoms with Crippen LogP contribution < -0.4 is 5.32 Å². The van der Waals surface area contributed by atoms with Gasteiger partial charge in [0.25, 0.3) is 0 Å². The molecule has 0 spiro atoms. The first-order chi connectivity index (χ1) is 9.28. The van der Waals surface area contributed by atoms with E-state index in [4.69, 9.17) is 9.84 Å². The van der Waals surface area contributed by atoms with Crippen LogP contribution in [0.15, 0.2) is 29.2 Å². The lowest BCUT2D eigenvalue weighted by molar-refractivity contribution is -0.119. The largest absolute Gasteiger partial charge is 0.392 e. The number of ether oxygens (including phenoxy) is 1. The second kappa shape index (κ2) is 7.53. The van der Waals surface area contributed by atoms with Crippen LogP contribution in [0.5, 0.6) is 0 Å². The van der Waals surface area contributed by atoms with Gasteiger partial charge in [-0.15, -0.1) is 11.8 Å². The number of benzene rings is 1. The van der Waals surface area contributed by atoms with Crippen molar-refractivity contribution in [2.45, 2.75) is 30.4 Å². The zero-order chi connectivity index (χ0) is 13.5. The molecule has 1 heterocycles. The second-order valence-corrected chi connectivity index (χ2v) is 5.58. The van der Waals surface area contributed by atoms with Crippen molar-refractivity contribution in [3.8, 4) is 0 Å². The highest BCUT2D eigenvalue weighted by Crippen LogP contribution is 2.18. The topological polar surface area (TPSA) is 58.6 Å². The van der Waals surface area contributed by atoms with Crippen LogP contribution in [0.1, 0.15) is 18.4 Å². The third-order valence-corrected chi connectivity index (χ3v) is 4.04. The number of carbonyl (C=O) groups excluding carboxylic acids is 1. The summed E-state index contributed by atoms with van der Waals surface area (Å²) in [5, 5.41) is 11.8. The van der Waals surface area contributed by atoms with Crippen molar-refractivity contribution in [2.24, 2.45) is 0 Å². The first-order valence-corrected chi connectivity index (χ1v) is 7.47. The molecule has 2 rings (SSSR count). The molecule has 1 atom stereocenters. The van der Waals surface area contributed by atoms with Crippen LogP contribution in [-0.4, -0.2) is 36.0 Å². The summed E-state index contributed by atoms with van der Waals surface area (Å²) in [6.07, 6.45) is 2.32. The smallest absolute Gasteiger partial charge is 0.230 e. The maximum Gasteiger partial charge on any atom is 0.230 e. The van der Waals surface area contributed by atoms with Crippen molar-refractivity contribution in [3.05, 3.63) is 29.8 Å². The molecule has 0 bridgehead atoms. The van der Waals surface area contributed by atoms with Gasteiger partial charge in [0, 0.05) is 18.0 Å². The summed E-state index contributed by atoms with van der Waals surface area (Å²) < 4.78 is 5.45. The maximum atomic E-state index is 11.7. The molecule has 1 amide bonds. The van der Waals surface area contributed by atoms with Gasteiger partial charge in [-0.2, -0.15) is 0 Å². The minimum absolute atomic E-state index is 0.0340. The standard InChI is InChI=1S/C14H19NO3S/c16-9-11-3-5-13(6-4-11)19-10-14(17)15-8-12-2-1-7-18-12/h3-6,12,16H,1-2,7-10H2,(H,15,17). The average molecular weight is 281 g/mol. The van der Waals surface area contributed by atoms with Gasteiger partial charge >= 0.3 is 0 Å². The van der Waals surface area contributed by atoms with Gasteiger partial charge in [-0.1, -0.05) is 12.1 Å². The Balaban J connectivity index is 1.67. The predicted octanol–water partition coefficient (Wildman–Crippen LogP) is 1.57. The normalized spacial score (nSPS) is 18.5. The number of amides is 1. The molecule has 1 fully saturated rings. The predicted molar refractivity (Wildman–Crippen MR) is 75.1 cm³/mol. The zero-order valence-electron chi connectivity index (χ0n) is 10.8. The molecule has 5 heteroatoms. The third-order valence-electron chi connectivity index (χ3n) is 3.03. The molecule has 1 aromatic rings. The van der Waals surface area contributed by atoms with E-state index in [0.29, 0.717) is 12.3 Å². The van der Waals surface area contributed by atoms with Crippen molar-refractivity contribution < 1.29 is 14.6 Å². The molecule has 0 aromatic heterocycles. The minimum atomic E-state index is 0.0340. The monoisotopic (exact) mass is 281 g/mol. The van der Waals surface area contributed by atoms with E-state index in [2.05, 4.69) is 5.32 Å². The summed E-state index contributed by atoms with van der Waals surface area (Å²) in [4.78, 5) is 12.7. The van der Waals surface area contributed by atoms with E-state index in [9.17, 15) is 4.79 Å². The van der Waals surface area contributed by atoms with Gasteiger partial charge in [-0.3, -0.25) is 4.79 Å². The fourth-order valence-corrected chi connectivity index (χ4v) is 2.65. The molecule has 1 unspecified atom stereocenters. The highest BCUT2D eigenvalue weighted by atomic mass is 32.2. The Kier molecular flexibility index (Phi) is 5.69. The summed E-state index contributed by atoms with van der Waals surface area (Å²) in [5.74, 6) is 0.442. The van der Waals surface area contributed by atoms with Crippen molar-refractivity contribution in [2.75, 3.05) is 18.9 Å². The molecule has 1 aliphatic heterocycles. The number of hydrogen-bond donors (Lipinski definition) is 2. The summed E-state index contributed by atoms with van der Waals surface area (Å²) in [7, 11) is 0. The number of hydrogen-bond acceptors (Lipinski definition) is 4. The van der Waals surface area contributed by atoms with Crippen molar-refractivity contribution >= 4 is 17.7 Å². The van der Waals surface area contributed by atoms with E-state index in [1.807, 2.05) is 24.3 Å². The Bertz CT molecular complexity index is 402. The van der Waals surface area contributed by atoms with Crippen LogP contribution >= 0.6 is 11.8 Å². The molecule has 1 aromatic carbocycles. The number of aliphatic hydroxyl groups excluding tert-OH is 1. The maximum absolute atomic E-state index is 11.7. The van der Waals surface area contributed by atoms with Crippen LogP contribution in [0.2, 0.25) is 0 Å². The summed E-state index contributed by atoms with van der Waals surface area (Å²) in [6, 6.07) is 7.58. The summed E-state index contributed by atoms with van der Waals surface area (Å²) in [5.41, 5.74) is 0.882. The number of nitrogens with one attached hydrogen (secondary N) is 1. The molecule has 1 aliphatic rings. The van der Waals surface area contributed by atoms with Crippen LogP contribution in [0.25, 0.3) is 0 Å². The van der Waals surface area contributed by atoms with Gasteiger partial charge in [0.2, 0.25) is 5.91 Å². The van der Waals surface area contributed by atoms with Gasteiger partial charge < -0.3 is 15.2 Å². The lowest BCUT2D eigenvalue weighted by Gasteiger charge is -2.10. The lowest BCUT2D eigenvalue weighted by atomic mass is 10.2. The Morgan fingerprint density at radius 3 is 2.84 bits per heavy atom. The first-order valence-electron chi connectivity index (χ1n) is 6.49. The van der Waals surface area contributed by atoms with Gasteiger partial charge in [-0.05, 0) is 30.5 Å². The molecule has 1 saturated heterocycles. The van der Waals surface area contributed by atoms with Gasteiger partial charge in [0.1, 0.15) is 0 Å². The zero-order valence-corrected chi connectivity index (χ0v) is 11.6. The van der Waals surface area contributed by atoms with E-state index in [-0.39, 0.29) is 18.6 Å². The molecule has 104 valence electrons. The summed E-state index contributed by atoms with van der Waals surface area (Å²) >= 11 is 1.50. The highest BCUT2D eigenvalue weighted by molar-refractivity contribution is 8.00. The Hall–Kier alpha value is -1.04. The van der Waals surface area contributed by atoms with Crippen molar-refractivity contribution in [3.63, 3.8) is 0 Å². The van der Waals surface area contributed by atoms with E-state index >= 15 is 0 Å². The van der Waals surface area contributed by atoms with Crippen molar-refractivity contribution in [1.82, 2.24) is 5.32 Å². The molecular formula is C14H19NO3S. The van der Waals surface area contributed by atoms with Gasteiger partial charge in [-0.25, -0.2) is 0 Å². The first kappa shape index (κ1) is 14.4. The van der Waals surface area contributed by atoms with Crippen molar-refractivity contribution in [1.29, 1.82) is 0 Å². The molecule has 0 aliphatic carbocycles. The minimum Gasteiger partial charge on any atom is -0.392 e. The van der Waals surface area contributed by atoms with E-state index < -0.39 is 0 Å². The van der Waals surface area contributed by atoms with Gasteiger partial charge in [0.05, 0.1) is 18.5 Å². The van der Waals surface area contributed by atoms with Crippen LogP contribution in [0, 0.1) is 0 Å². The molecule has 0 saturated carbocycles. The average Bonchev–Trinajstić information content (AvgIpc) is 2.96. The molecule has 2 N–H and O–H groups in total. The molecule has 19 heavy (non-hydrogen) atoms. The van der Waals surface area contributed by atoms with E-state index in [1.54, 1.807) is 0 Å².